The van der Waals surface area contributed by atoms with E-state index in [1.165, 1.54) is 6.07 Å². The Morgan fingerprint density at radius 1 is 1.24 bits per heavy atom. The highest BCUT2D eigenvalue weighted by atomic mass is 35.7. The molecule has 21 heavy (non-hydrogen) atoms. The standard InChI is InChI=1S/C13H16Cl2O5S/c1-3-4-19-5-6-20-13(16)10-7-9(2)12(14)11(8-10)21(15,17)18/h7-8H,3-6H2,1-2H3. The van der Waals surface area contributed by atoms with Crippen molar-refractivity contribution in [2.45, 2.75) is 25.2 Å². The quantitative estimate of drug-likeness (QED) is 0.427. The number of hydrogen-bond donors (Lipinski definition) is 0. The maximum absolute atomic E-state index is 11.9. The predicted octanol–water partition coefficient (Wildman–Crippen LogP) is 3.16. The molecule has 0 bridgehead atoms. The van der Waals surface area contributed by atoms with Crippen LogP contribution < -0.4 is 0 Å². The number of benzene rings is 1. The van der Waals surface area contributed by atoms with Crippen molar-refractivity contribution in [1.82, 2.24) is 0 Å². The van der Waals surface area contributed by atoms with Crippen LogP contribution in [0.25, 0.3) is 0 Å². The van der Waals surface area contributed by atoms with Gasteiger partial charge in [-0.25, -0.2) is 13.2 Å². The molecule has 0 atom stereocenters. The van der Waals surface area contributed by atoms with E-state index in [1.54, 1.807) is 6.92 Å². The van der Waals surface area contributed by atoms with Crippen molar-refractivity contribution < 1.29 is 22.7 Å². The van der Waals surface area contributed by atoms with E-state index in [0.717, 1.165) is 12.5 Å². The molecule has 8 heteroatoms. The smallest absolute Gasteiger partial charge is 0.338 e. The van der Waals surface area contributed by atoms with Crippen LogP contribution in [0.4, 0.5) is 0 Å². The van der Waals surface area contributed by atoms with Crippen LogP contribution in [-0.4, -0.2) is 34.2 Å². The van der Waals surface area contributed by atoms with E-state index in [-0.39, 0.29) is 28.7 Å². The van der Waals surface area contributed by atoms with Crippen LogP contribution in [0.5, 0.6) is 0 Å². The largest absolute Gasteiger partial charge is 0.460 e. The number of carbonyl (C=O) groups excluding carboxylic acids is 1. The lowest BCUT2D eigenvalue weighted by Gasteiger charge is -2.09. The summed E-state index contributed by atoms with van der Waals surface area (Å²) in [6.07, 6.45) is 0.876. The first-order valence-corrected chi connectivity index (χ1v) is 8.95. The maximum atomic E-state index is 11.9. The molecule has 0 fully saturated rings. The lowest BCUT2D eigenvalue weighted by molar-refractivity contribution is 0.0318. The van der Waals surface area contributed by atoms with Crippen molar-refractivity contribution in [2.75, 3.05) is 19.8 Å². The molecule has 1 rings (SSSR count). The molecule has 0 heterocycles. The van der Waals surface area contributed by atoms with Crippen LogP contribution >= 0.6 is 22.3 Å². The number of halogens is 2. The van der Waals surface area contributed by atoms with E-state index in [1.807, 2.05) is 6.92 Å². The fraction of sp³-hybridized carbons (Fsp3) is 0.462. The van der Waals surface area contributed by atoms with Crippen molar-refractivity contribution >= 4 is 37.3 Å². The lowest BCUT2D eigenvalue weighted by atomic mass is 10.1. The molecule has 0 radical (unpaired) electrons. The van der Waals surface area contributed by atoms with Crippen LogP contribution in [0, 0.1) is 6.92 Å². The summed E-state index contributed by atoms with van der Waals surface area (Å²) in [7, 11) is 1.25. The van der Waals surface area contributed by atoms with Gasteiger partial charge < -0.3 is 9.47 Å². The Bertz CT molecular complexity index is 613. The molecule has 0 N–H and O–H groups in total. The zero-order valence-electron chi connectivity index (χ0n) is 11.7. The highest BCUT2D eigenvalue weighted by Gasteiger charge is 2.20. The Morgan fingerprint density at radius 3 is 2.48 bits per heavy atom. The van der Waals surface area contributed by atoms with Gasteiger partial charge in [-0.2, -0.15) is 0 Å². The Labute approximate surface area is 133 Å². The van der Waals surface area contributed by atoms with Crippen LogP contribution in [-0.2, 0) is 18.5 Å². The fourth-order valence-electron chi connectivity index (χ4n) is 1.56. The van der Waals surface area contributed by atoms with Gasteiger partial charge in [-0.3, -0.25) is 0 Å². The van der Waals surface area contributed by atoms with Gasteiger partial charge in [0, 0.05) is 17.3 Å². The molecule has 5 nitrogen and oxygen atoms in total. The third-order valence-electron chi connectivity index (χ3n) is 2.53. The molecule has 0 saturated heterocycles. The molecule has 0 spiro atoms. The highest BCUT2D eigenvalue weighted by molar-refractivity contribution is 8.13. The molecular formula is C13H16Cl2O5S. The van der Waals surface area contributed by atoms with Gasteiger partial charge in [0.15, 0.2) is 0 Å². The van der Waals surface area contributed by atoms with Crippen molar-refractivity contribution in [3.8, 4) is 0 Å². The minimum absolute atomic E-state index is 0.00664. The molecule has 0 aliphatic heterocycles. The molecule has 0 aromatic heterocycles. The molecule has 118 valence electrons. The first-order valence-electron chi connectivity index (χ1n) is 6.27. The first-order chi connectivity index (χ1) is 9.77. The summed E-state index contributed by atoms with van der Waals surface area (Å²) in [5.74, 6) is -0.656. The van der Waals surface area contributed by atoms with Gasteiger partial charge in [0.2, 0.25) is 0 Å². The summed E-state index contributed by atoms with van der Waals surface area (Å²) in [5, 5.41) is -0.00664. The van der Waals surface area contributed by atoms with E-state index in [4.69, 9.17) is 31.8 Å². The van der Waals surface area contributed by atoms with Crippen molar-refractivity contribution in [3.63, 3.8) is 0 Å². The Balaban J connectivity index is 2.84. The Hall–Kier alpha value is -0.820. The topological polar surface area (TPSA) is 69.7 Å². The lowest BCUT2D eigenvalue weighted by Crippen LogP contribution is -2.12. The maximum Gasteiger partial charge on any atom is 0.338 e. The van der Waals surface area contributed by atoms with E-state index < -0.39 is 15.0 Å². The van der Waals surface area contributed by atoms with Crippen molar-refractivity contribution in [3.05, 3.63) is 28.3 Å². The number of ether oxygens (including phenoxy) is 2. The average Bonchev–Trinajstić information content (AvgIpc) is 2.39. The molecule has 0 saturated carbocycles. The van der Waals surface area contributed by atoms with Crippen molar-refractivity contribution in [1.29, 1.82) is 0 Å². The second kappa shape index (κ2) is 7.98. The SMILES string of the molecule is CCCOCCOC(=O)c1cc(C)c(Cl)c(S(=O)(=O)Cl)c1. The zero-order chi connectivity index (χ0) is 16.0. The monoisotopic (exact) mass is 354 g/mol. The third-order valence-corrected chi connectivity index (χ3v) is 4.49. The Morgan fingerprint density at radius 2 is 1.90 bits per heavy atom. The van der Waals surface area contributed by atoms with Gasteiger partial charge in [-0.15, -0.1) is 0 Å². The molecule has 1 aromatic carbocycles. The summed E-state index contributed by atoms with van der Waals surface area (Å²) >= 11 is 5.88. The predicted molar refractivity (Wildman–Crippen MR) is 80.6 cm³/mol. The van der Waals surface area contributed by atoms with E-state index in [2.05, 4.69) is 0 Å². The van der Waals surface area contributed by atoms with Gasteiger partial charge in [0.1, 0.15) is 11.5 Å². The number of rotatable bonds is 7. The van der Waals surface area contributed by atoms with Crippen LogP contribution in [0.2, 0.25) is 5.02 Å². The van der Waals surface area contributed by atoms with Crippen molar-refractivity contribution in [2.24, 2.45) is 0 Å². The number of hydrogen-bond acceptors (Lipinski definition) is 5. The van der Waals surface area contributed by atoms with E-state index in [9.17, 15) is 13.2 Å². The van der Waals surface area contributed by atoms with E-state index in [0.29, 0.717) is 12.2 Å². The highest BCUT2D eigenvalue weighted by Crippen LogP contribution is 2.29. The van der Waals surface area contributed by atoms with Crippen LogP contribution in [0.3, 0.4) is 0 Å². The molecular weight excluding hydrogens is 339 g/mol. The normalized spacial score (nSPS) is 11.4. The average molecular weight is 355 g/mol. The Kier molecular flexibility index (Phi) is 6.93. The summed E-state index contributed by atoms with van der Waals surface area (Å²) < 4.78 is 33.0. The molecule has 0 aliphatic rings. The molecule has 1 aromatic rings. The van der Waals surface area contributed by atoms with Crippen LogP contribution in [0.1, 0.15) is 29.3 Å². The van der Waals surface area contributed by atoms with Gasteiger partial charge in [-0.05, 0) is 31.0 Å². The van der Waals surface area contributed by atoms with Gasteiger partial charge in [-0.1, -0.05) is 18.5 Å². The minimum Gasteiger partial charge on any atom is -0.460 e. The summed E-state index contributed by atoms with van der Waals surface area (Å²) in [5.41, 5.74) is 0.499. The van der Waals surface area contributed by atoms with Gasteiger partial charge in [0.25, 0.3) is 9.05 Å². The van der Waals surface area contributed by atoms with E-state index >= 15 is 0 Å². The number of aryl methyl sites for hydroxylation is 1. The second-order valence-electron chi connectivity index (χ2n) is 4.29. The third kappa shape index (κ3) is 5.47. The summed E-state index contributed by atoms with van der Waals surface area (Å²) in [4.78, 5) is 11.6. The molecule has 0 unspecified atom stereocenters. The number of carbonyl (C=O) groups is 1. The van der Waals surface area contributed by atoms with Crippen LogP contribution in [0.15, 0.2) is 17.0 Å². The minimum atomic E-state index is -4.04. The summed E-state index contributed by atoms with van der Waals surface area (Å²) in [6.45, 7) is 4.51. The summed E-state index contributed by atoms with van der Waals surface area (Å²) in [6, 6.07) is 2.55. The fourth-order valence-corrected chi connectivity index (χ4v) is 3.10. The molecule has 0 aliphatic carbocycles. The van der Waals surface area contributed by atoms with Gasteiger partial charge in [0.05, 0.1) is 17.2 Å². The zero-order valence-corrected chi connectivity index (χ0v) is 14.0. The molecule has 0 amide bonds. The number of esters is 1. The first kappa shape index (κ1) is 18.2. The van der Waals surface area contributed by atoms with Gasteiger partial charge >= 0.3 is 5.97 Å². The second-order valence-corrected chi connectivity index (χ2v) is 7.20.